The number of rotatable bonds is 5. The number of primary sulfonamides is 2. The maximum atomic E-state index is 11.3. The molecule has 4 aromatic carbocycles. The van der Waals surface area contributed by atoms with Crippen LogP contribution in [0.5, 0.6) is 0 Å². The fourth-order valence-electron chi connectivity index (χ4n) is 5.41. The van der Waals surface area contributed by atoms with Gasteiger partial charge in [0, 0.05) is 18.4 Å². The molecule has 15 heteroatoms. The Hall–Kier alpha value is -3.93. The van der Waals surface area contributed by atoms with Gasteiger partial charge >= 0.3 is 6.07 Å². The first-order valence-corrected chi connectivity index (χ1v) is 19.9. The Labute approximate surface area is 330 Å². The summed E-state index contributed by atoms with van der Waals surface area (Å²) in [6.07, 6.45) is 2.07. The van der Waals surface area contributed by atoms with E-state index in [1.54, 1.807) is 30.3 Å². The van der Waals surface area contributed by atoms with Crippen molar-refractivity contribution < 1.29 is 23.1 Å². The Morgan fingerprint density at radius 3 is 1.60 bits per heavy atom. The van der Waals surface area contributed by atoms with E-state index in [2.05, 4.69) is 55.7 Å². The number of oxime groups is 1. The molecule has 0 spiro atoms. The van der Waals surface area contributed by atoms with Gasteiger partial charge in [0.05, 0.1) is 15.5 Å². The van der Waals surface area contributed by atoms with Crippen molar-refractivity contribution in [1.29, 1.82) is 0 Å². The number of alkyl halides is 3. The molecule has 1 atom stereocenters. The number of nitrogens with two attached hydrogens (primary N) is 2. The monoisotopic (exact) mass is 825 g/mol. The number of nitrogens with zero attached hydrogens (tertiary/aromatic N) is 2. The Morgan fingerprint density at radius 1 is 0.830 bits per heavy atom. The van der Waals surface area contributed by atoms with Crippen molar-refractivity contribution >= 4 is 66.6 Å². The molecule has 1 aliphatic rings. The third kappa shape index (κ3) is 15.1. The molecule has 0 aliphatic carbocycles. The molecule has 53 heavy (non-hydrogen) atoms. The SMILES string of the molecule is C.C=Cc1ccc(S(N)(=O)=O)cc1.Cc1cc(C)c(C#[N+][O-])c(C)c1.Cc1cc(C)c(C2=NOC(c3ccc(S(N)(=O)=O)cc3)C2)c(C)c1.ClC(Cl)Cl.[2HH]. The third-order valence-corrected chi connectivity index (χ3v) is 9.35. The van der Waals surface area contributed by atoms with Crippen molar-refractivity contribution in [3.05, 3.63) is 145 Å². The topological polar surface area (TPSA) is 169 Å². The summed E-state index contributed by atoms with van der Waals surface area (Å²) in [5, 5.41) is 26.9. The zero-order chi connectivity index (χ0) is 39.4. The van der Waals surface area contributed by atoms with E-state index in [9.17, 15) is 22.0 Å². The van der Waals surface area contributed by atoms with Gasteiger partial charge in [0.25, 0.3) is 0 Å². The molecule has 0 aromatic heterocycles. The molecule has 0 amide bonds. The number of hydrogen-bond acceptors (Lipinski definition) is 7. The molecule has 4 aromatic rings. The van der Waals surface area contributed by atoms with Crippen LogP contribution in [-0.4, -0.2) is 26.8 Å². The third-order valence-electron chi connectivity index (χ3n) is 7.49. The first-order chi connectivity index (χ1) is 24.2. The van der Waals surface area contributed by atoms with Gasteiger partial charge in [-0.2, -0.15) is 0 Å². The van der Waals surface area contributed by atoms with Crippen molar-refractivity contribution in [2.75, 3.05) is 0 Å². The minimum atomic E-state index is -3.68. The Balaban J connectivity index is 0.000000794. The maximum absolute atomic E-state index is 11.3. The minimum Gasteiger partial charge on any atom is -0.498 e. The highest BCUT2D eigenvalue weighted by Gasteiger charge is 2.26. The molecule has 0 saturated carbocycles. The molecule has 0 bridgehead atoms. The summed E-state index contributed by atoms with van der Waals surface area (Å²) in [4.78, 5) is 5.79. The Kier molecular flexibility index (Phi) is 18.7. The first kappa shape index (κ1) is 47.1. The summed E-state index contributed by atoms with van der Waals surface area (Å²) < 4.78 is 43.5. The van der Waals surface area contributed by atoms with Crippen LogP contribution in [0.3, 0.4) is 0 Å². The molecule has 0 radical (unpaired) electrons. The highest BCUT2D eigenvalue weighted by atomic mass is 35.6. The highest BCUT2D eigenvalue weighted by molar-refractivity contribution is 7.89. The van der Waals surface area contributed by atoms with E-state index in [1.807, 2.05) is 32.9 Å². The lowest BCUT2D eigenvalue weighted by atomic mass is 9.92. The maximum Gasteiger partial charge on any atom is 0.337 e. The molecular formula is C38H47Cl3N4O6S2. The summed E-state index contributed by atoms with van der Waals surface area (Å²) in [7, 11) is -7.24. The van der Waals surface area contributed by atoms with Gasteiger partial charge in [-0.15, -0.1) is 0 Å². The van der Waals surface area contributed by atoms with Crippen LogP contribution in [0.2, 0.25) is 0 Å². The smallest absolute Gasteiger partial charge is 0.337 e. The van der Waals surface area contributed by atoms with Crippen molar-refractivity contribution in [3.63, 3.8) is 0 Å². The van der Waals surface area contributed by atoms with Gasteiger partial charge in [-0.05, 0) is 99.2 Å². The lowest BCUT2D eigenvalue weighted by Gasteiger charge is -2.11. The Bertz CT molecular complexity index is 2140. The molecule has 4 N–H and O–H groups in total. The molecule has 10 nitrogen and oxygen atoms in total. The highest BCUT2D eigenvalue weighted by Crippen LogP contribution is 2.32. The molecule has 1 aliphatic heterocycles. The van der Waals surface area contributed by atoms with Crippen LogP contribution in [0, 0.1) is 52.8 Å². The molecule has 288 valence electrons. The van der Waals surface area contributed by atoms with Crippen LogP contribution in [0.4, 0.5) is 0 Å². The van der Waals surface area contributed by atoms with E-state index in [1.165, 1.54) is 46.5 Å². The average Bonchev–Trinajstić information content (AvgIpc) is 3.52. The van der Waals surface area contributed by atoms with E-state index >= 15 is 0 Å². The van der Waals surface area contributed by atoms with Gasteiger partial charge in [-0.3, -0.25) is 0 Å². The molecule has 5 rings (SSSR count). The van der Waals surface area contributed by atoms with Crippen molar-refractivity contribution in [3.8, 4) is 6.07 Å². The fraction of sp³-hybridized carbons (Fsp3) is 0.263. The summed E-state index contributed by atoms with van der Waals surface area (Å²) in [5.41, 5.74) is 11.5. The zero-order valence-corrected chi connectivity index (χ0v) is 33.4. The van der Waals surface area contributed by atoms with E-state index in [-0.39, 0.29) is 24.7 Å². The fourth-order valence-corrected chi connectivity index (χ4v) is 6.44. The van der Waals surface area contributed by atoms with Crippen LogP contribution in [0.15, 0.2) is 94.3 Å². The Morgan fingerprint density at radius 2 is 1.23 bits per heavy atom. The van der Waals surface area contributed by atoms with Crippen LogP contribution in [-0.2, 0) is 24.9 Å². The van der Waals surface area contributed by atoms with Crippen molar-refractivity contribution in [2.24, 2.45) is 15.4 Å². The van der Waals surface area contributed by atoms with Crippen LogP contribution in [0.25, 0.3) is 11.1 Å². The van der Waals surface area contributed by atoms with Crippen LogP contribution >= 0.6 is 34.8 Å². The van der Waals surface area contributed by atoms with Crippen molar-refractivity contribution in [2.45, 2.75) is 75.6 Å². The summed E-state index contributed by atoms with van der Waals surface area (Å²) >= 11 is 14.4. The average molecular weight is 827 g/mol. The van der Waals surface area contributed by atoms with E-state index in [4.69, 9.17) is 49.9 Å². The first-order valence-electron chi connectivity index (χ1n) is 15.4. The number of benzene rings is 4. The second kappa shape index (κ2) is 21.1. The quantitative estimate of drug-likeness (QED) is 0.150. The van der Waals surface area contributed by atoms with Gasteiger partial charge in [0.2, 0.25) is 20.0 Å². The van der Waals surface area contributed by atoms with Gasteiger partial charge in [0.1, 0.15) is 5.56 Å². The zero-order valence-electron chi connectivity index (χ0n) is 29.5. The van der Waals surface area contributed by atoms with Crippen LogP contribution < -0.4 is 10.3 Å². The molecular weight excluding hydrogens is 779 g/mol. The second-order valence-corrected chi connectivity index (χ2v) is 16.9. The predicted octanol–water partition coefficient (Wildman–Crippen LogP) is 9.76. The second-order valence-electron chi connectivity index (χ2n) is 11.8. The normalized spacial score (nSPS) is 13.1. The van der Waals surface area contributed by atoms with Gasteiger partial charge in [0.15, 0.2) is 10.4 Å². The molecule has 0 fully saturated rings. The minimum absolute atomic E-state index is 0. The molecule has 1 heterocycles. The van der Waals surface area contributed by atoms with Gasteiger partial charge in [-0.1, -0.05) is 120 Å². The van der Waals surface area contributed by atoms with E-state index < -0.39 is 24.3 Å². The van der Waals surface area contributed by atoms with E-state index in [0.29, 0.717) is 6.42 Å². The lowest BCUT2D eigenvalue weighted by molar-refractivity contribution is 0.0857. The van der Waals surface area contributed by atoms with Crippen LogP contribution in [0.1, 0.15) is 77.0 Å². The van der Waals surface area contributed by atoms with E-state index in [0.717, 1.165) is 39.1 Å². The largest absolute Gasteiger partial charge is 0.498 e. The van der Waals surface area contributed by atoms with Gasteiger partial charge < -0.3 is 10.0 Å². The molecule has 0 saturated heterocycles. The summed E-state index contributed by atoms with van der Waals surface area (Å²) in [6, 6.07) is 23.4. The number of sulfonamides is 2. The predicted molar refractivity (Wildman–Crippen MR) is 222 cm³/mol. The lowest BCUT2D eigenvalue weighted by Crippen LogP contribution is -2.12. The number of aryl methyl sites for hydroxylation is 6. The number of halogens is 3. The summed E-state index contributed by atoms with van der Waals surface area (Å²) in [5.74, 6) is 0. The standard InChI is InChI=1S/C18H20N2O3S.C10H11NO.C8H9NO2S.CHCl3.CH4.H2/c1-11-8-12(2)18(13(3)9-11)16-10-17(23-20-16)14-4-6-15(7-5-14)24(19,21)22;1-7-4-8(2)10(6-11-12)9(3)5-7;1-2-7-3-5-8(6-4-7)12(9,10)11;2-1(3)4;;/h4-9,17H,10H2,1-3H3,(H2,19,21,22);4-5H,1-3H3;2-6H,1H2,(H2,9,10,11);1H;1H4;1H/i;;;;;1+1. The van der Waals surface area contributed by atoms with Crippen molar-refractivity contribution in [1.82, 2.24) is 0 Å². The summed E-state index contributed by atoms with van der Waals surface area (Å²) in [6.45, 7) is 15.7. The number of hydrogen-bond donors (Lipinski definition) is 2. The van der Waals surface area contributed by atoms with Gasteiger partial charge in [-0.25, -0.2) is 27.1 Å². The molecule has 1 unspecified atom stereocenters.